The van der Waals surface area contributed by atoms with Crippen molar-refractivity contribution < 1.29 is 0 Å². The van der Waals surface area contributed by atoms with Crippen molar-refractivity contribution in [1.82, 2.24) is 4.98 Å². The fraction of sp³-hybridized carbons (Fsp3) is 0.583. The third-order valence-electron chi connectivity index (χ3n) is 2.88. The molecule has 0 aromatic carbocycles. The highest BCUT2D eigenvalue weighted by Gasteiger charge is 2.23. The molecule has 0 spiro atoms. The molecule has 17 heavy (non-hydrogen) atoms. The second-order valence-corrected chi connectivity index (χ2v) is 6.79. The van der Waals surface area contributed by atoms with E-state index in [0.29, 0.717) is 22.1 Å². The lowest BCUT2D eigenvalue weighted by molar-refractivity contribution is 0.718. The van der Waals surface area contributed by atoms with E-state index in [1.54, 1.807) is 6.20 Å². The van der Waals surface area contributed by atoms with Crippen LogP contribution in [0.4, 0.5) is 5.82 Å². The van der Waals surface area contributed by atoms with Crippen LogP contribution in [0.5, 0.6) is 0 Å². The predicted molar refractivity (Wildman–Crippen MR) is 75.9 cm³/mol. The number of pyridine rings is 1. The Labute approximate surface area is 112 Å². The minimum atomic E-state index is 0.460. The second kappa shape index (κ2) is 5.46. The van der Waals surface area contributed by atoms with E-state index in [0.717, 1.165) is 24.5 Å². The summed E-state index contributed by atoms with van der Waals surface area (Å²) in [6, 6.07) is 2.01. The van der Waals surface area contributed by atoms with E-state index >= 15 is 0 Å². The van der Waals surface area contributed by atoms with Gasteiger partial charge in [-0.3, -0.25) is 0 Å². The molecule has 2 heterocycles. The highest BCUT2D eigenvalue weighted by molar-refractivity contribution is 8.00. The maximum absolute atomic E-state index is 6.03. The Hall–Kier alpha value is -0.450. The molecular weight excluding hydrogens is 254 g/mol. The molecule has 0 aliphatic carbocycles. The van der Waals surface area contributed by atoms with Gasteiger partial charge in [-0.15, -0.1) is 0 Å². The monoisotopic (exact) mass is 271 g/mol. The number of anilines is 1. The van der Waals surface area contributed by atoms with Crippen LogP contribution in [0.25, 0.3) is 0 Å². The van der Waals surface area contributed by atoms with Gasteiger partial charge in [-0.05, 0) is 11.6 Å². The van der Waals surface area contributed by atoms with Crippen LogP contribution in [0.2, 0.25) is 5.02 Å². The van der Waals surface area contributed by atoms with Gasteiger partial charge in [0.2, 0.25) is 0 Å². The molecule has 5 heteroatoms. The number of hydrogen-bond acceptors (Lipinski definition) is 4. The lowest BCUT2D eigenvalue weighted by Gasteiger charge is -2.35. The van der Waals surface area contributed by atoms with Gasteiger partial charge in [0.25, 0.3) is 0 Å². The molecule has 0 bridgehead atoms. The first-order chi connectivity index (χ1) is 8.10. The van der Waals surface area contributed by atoms with Crippen LogP contribution in [-0.4, -0.2) is 28.6 Å². The Kier molecular flexibility index (Phi) is 4.17. The molecule has 2 rings (SSSR count). The smallest absolute Gasteiger partial charge is 0.128 e. The Morgan fingerprint density at radius 3 is 2.71 bits per heavy atom. The molecule has 1 fully saturated rings. The number of nitrogens with two attached hydrogens (primary N) is 1. The molecular formula is C12H18ClN3S. The van der Waals surface area contributed by atoms with Crippen LogP contribution in [0.15, 0.2) is 12.3 Å². The third-order valence-corrected chi connectivity index (χ3v) is 4.45. The zero-order chi connectivity index (χ0) is 12.4. The van der Waals surface area contributed by atoms with Crippen molar-refractivity contribution in [3.8, 4) is 0 Å². The van der Waals surface area contributed by atoms with Gasteiger partial charge in [0.15, 0.2) is 0 Å². The summed E-state index contributed by atoms with van der Waals surface area (Å²) in [6.45, 7) is 7.05. The molecule has 2 atom stereocenters. The summed E-state index contributed by atoms with van der Waals surface area (Å²) < 4.78 is 0. The summed E-state index contributed by atoms with van der Waals surface area (Å²) in [5, 5.41) is 1.93. The van der Waals surface area contributed by atoms with Gasteiger partial charge >= 0.3 is 0 Å². The molecule has 1 aliphatic heterocycles. The van der Waals surface area contributed by atoms with Gasteiger partial charge in [-0.25, -0.2) is 4.98 Å². The van der Waals surface area contributed by atoms with Gasteiger partial charge in [-0.2, -0.15) is 11.8 Å². The van der Waals surface area contributed by atoms with Gasteiger partial charge < -0.3 is 10.6 Å². The Morgan fingerprint density at radius 2 is 2.12 bits per heavy atom. The molecule has 1 aromatic rings. The lowest BCUT2D eigenvalue weighted by atomic mass is 10.2. The third kappa shape index (κ3) is 3.06. The molecule has 0 saturated carbocycles. The van der Waals surface area contributed by atoms with Crippen LogP contribution in [0.1, 0.15) is 19.4 Å². The highest BCUT2D eigenvalue weighted by atomic mass is 35.5. The van der Waals surface area contributed by atoms with Crippen molar-refractivity contribution in [2.75, 3.05) is 18.0 Å². The highest BCUT2D eigenvalue weighted by Crippen LogP contribution is 2.28. The van der Waals surface area contributed by atoms with Crippen LogP contribution in [0.3, 0.4) is 0 Å². The summed E-state index contributed by atoms with van der Waals surface area (Å²) in [5.41, 5.74) is 6.64. The average molecular weight is 272 g/mol. The van der Waals surface area contributed by atoms with E-state index < -0.39 is 0 Å². The first kappa shape index (κ1) is 13.0. The van der Waals surface area contributed by atoms with E-state index in [1.165, 1.54) is 0 Å². The minimum Gasteiger partial charge on any atom is -0.354 e. The lowest BCUT2D eigenvalue weighted by Crippen LogP contribution is -2.40. The molecule has 3 nitrogen and oxygen atoms in total. The summed E-state index contributed by atoms with van der Waals surface area (Å²) >= 11 is 8.06. The molecule has 0 amide bonds. The zero-order valence-electron chi connectivity index (χ0n) is 10.2. The Morgan fingerprint density at radius 1 is 1.47 bits per heavy atom. The Balaban J connectivity index is 2.21. The number of thioether (sulfide) groups is 1. The molecule has 94 valence electrons. The van der Waals surface area contributed by atoms with Crippen molar-refractivity contribution in [2.45, 2.75) is 30.9 Å². The maximum Gasteiger partial charge on any atom is 0.128 e. The van der Waals surface area contributed by atoms with E-state index in [4.69, 9.17) is 17.3 Å². The van der Waals surface area contributed by atoms with Gasteiger partial charge in [-0.1, -0.05) is 25.4 Å². The fourth-order valence-corrected chi connectivity index (χ4v) is 3.67. The van der Waals surface area contributed by atoms with Crippen molar-refractivity contribution in [1.29, 1.82) is 0 Å². The number of hydrogen-bond donors (Lipinski definition) is 1. The number of aromatic nitrogens is 1. The van der Waals surface area contributed by atoms with Crippen molar-refractivity contribution >= 4 is 29.2 Å². The van der Waals surface area contributed by atoms with E-state index in [9.17, 15) is 0 Å². The van der Waals surface area contributed by atoms with Crippen molar-refractivity contribution in [2.24, 2.45) is 5.73 Å². The summed E-state index contributed by atoms with van der Waals surface area (Å²) in [4.78, 5) is 6.73. The predicted octanol–water partition coefficient (Wildman–Crippen LogP) is 2.52. The van der Waals surface area contributed by atoms with Gasteiger partial charge in [0.05, 0.1) is 5.02 Å². The maximum atomic E-state index is 6.03. The van der Waals surface area contributed by atoms with Crippen molar-refractivity contribution in [3.05, 3.63) is 22.8 Å². The zero-order valence-corrected chi connectivity index (χ0v) is 11.8. The molecule has 2 unspecified atom stereocenters. The van der Waals surface area contributed by atoms with Gasteiger partial charge in [0.1, 0.15) is 5.82 Å². The topological polar surface area (TPSA) is 42.1 Å². The summed E-state index contributed by atoms with van der Waals surface area (Å²) in [6.07, 6.45) is 1.70. The Bertz CT molecular complexity index is 389. The average Bonchev–Trinajstić information content (AvgIpc) is 2.28. The van der Waals surface area contributed by atoms with E-state index in [-0.39, 0.29) is 0 Å². The first-order valence-electron chi connectivity index (χ1n) is 5.85. The number of rotatable bonds is 2. The SMILES string of the molecule is CC1CN(c2cc(CN)c(Cl)cn2)CC(C)S1. The number of nitrogens with zero attached hydrogens (tertiary/aromatic N) is 2. The fourth-order valence-electron chi connectivity index (χ4n) is 2.16. The minimum absolute atomic E-state index is 0.460. The van der Waals surface area contributed by atoms with E-state index in [1.807, 2.05) is 17.8 Å². The van der Waals surface area contributed by atoms with Gasteiger partial charge in [0, 0.05) is 36.3 Å². The molecule has 1 aliphatic rings. The molecule has 0 radical (unpaired) electrons. The van der Waals surface area contributed by atoms with Crippen LogP contribution >= 0.6 is 23.4 Å². The summed E-state index contributed by atoms with van der Waals surface area (Å²) in [5.74, 6) is 0.994. The number of halogens is 1. The molecule has 2 N–H and O–H groups in total. The normalized spacial score (nSPS) is 25.1. The summed E-state index contributed by atoms with van der Waals surface area (Å²) in [7, 11) is 0. The van der Waals surface area contributed by atoms with E-state index in [2.05, 4.69) is 23.7 Å². The van der Waals surface area contributed by atoms with Crippen LogP contribution in [0, 0.1) is 0 Å². The van der Waals surface area contributed by atoms with Crippen molar-refractivity contribution in [3.63, 3.8) is 0 Å². The standard InChI is InChI=1S/C12H18ClN3S/c1-8-6-16(7-9(2)17-8)12-3-10(4-14)11(13)5-15-12/h3,5,8-9H,4,6-7,14H2,1-2H3. The molecule has 1 aromatic heterocycles. The first-order valence-corrected chi connectivity index (χ1v) is 7.17. The quantitative estimate of drug-likeness (QED) is 0.898. The van der Waals surface area contributed by atoms with Crippen LogP contribution in [-0.2, 0) is 6.54 Å². The van der Waals surface area contributed by atoms with Crippen LogP contribution < -0.4 is 10.6 Å². The molecule has 1 saturated heterocycles. The largest absolute Gasteiger partial charge is 0.354 e. The second-order valence-electron chi connectivity index (χ2n) is 4.50.